The summed E-state index contributed by atoms with van der Waals surface area (Å²) >= 11 is 0. The van der Waals surface area contributed by atoms with Crippen LogP contribution in [-0.4, -0.2) is 19.8 Å². The van der Waals surface area contributed by atoms with Crippen LogP contribution in [0.1, 0.15) is 26.7 Å². The second-order valence-corrected chi connectivity index (χ2v) is 2.02. The van der Waals surface area contributed by atoms with Gasteiger partial charge in [-0.2, -0.15) is 0 Å². The Hall–Kier alpha value is -0.0800. The van der Waals surface area contributed by atoms with Crippen LogP contribution in [0.25, 0.3) is 0 Å². The van der Waals surface area contributed by atoms with E-state index in [-0.39, 0.29) is 0 Å². The lowest BCUT2D eigenvalue weighted by molar-refractivity contribution is 0.116. The van der Waals surface area contributed by atoms with Crippen LogP contribution in [0.2, 0.25) is 0 Å². The first-order valence-corrected chi connectivity index (χ1v) is 3.92. The highest BCUT2D eigenvalue weighted by Crippen LogP contribution is 1.90. The summed E-state index contributed by atoms with van der Waals surface area (Å²) in [5, 5.41) is 0. The quantitative estimate of drug-likeness (QED) is 0.510. The highest BCUT2D eigenvalue weighted by molar-refractivity contribution is 4.47. The van der Waals surface area contributed by atoms with E-state index in [2.05, 4.69) is 6.92 Å². The zero-order valence-corrected chi connectivity index (χ0v) is 6.93. The number of rotatable bonds is 7. The van der Waals surface area contributed by atoms with Crippen LogP contribution in [0.15, 0.2) is 0 Å². The third kappa shape index (κ3) is 7.92. The van der Waals surface area contributed by atoms with E-state index in [1.807, 2.05) is 6.92 Å². The SMILES string of the molecule is CCCOCC[CH]OCC. The molecule has 0 amide bonds. The Morgan fingerprint density at radius 1 is 1.20 bits per heavy atom. The summed E-state index contributed by atoms with van der Waals surface area (Å²) in [5.74, 6) is 0. The van der Waals surface area contributed by atoms with E-state index in [0.29, 0.717) is 0 Å². The highest BCUT2D eigenvalue weighted by Gasteiger charge is 1.87. The third-order valence-corrected chi connectivity index (χ3v) is 1.01. The fourth-order valence-corrected chi connectivity index (χ4v) is 0.579. The summed E-state index contributed by atoms with van der Waals surface area (Å²) in [5.41, 5.74) is 0. The maximum atomic E-state index is 5.22. The maximum Gasteiger partial charge on any atom is 0.0859 e. The molecule has 0 bridgehead atoms. The van der Waals surface area contributed by atoms with Crippen molar-refractivity contribution < 1.29 is 9.47 Å². The molecule has 0 aliphatic heterocycles. The minimum Gasteiger partial charge on any atom is -0.381 e. The molecule has 0 fully saturated rings. The average molecular weight is 145 g/mol. The minimum absolute atomic E-state index is 0.758. The van der Waals surface area contributed by atoms with Crippen molar-refractivity contribution in [2.24, 2.45) is 0 Å². The van der Waals surface area contributed by atoms with Gasteiger partial charge in [0.05, 0.1) is 6.61 Å². The Kier molecular flexibility index (Phi) is 8.85. The van der Waals surface area contributed by atoms with Crippen molar-refractivity contribution in [1.29, 1.82) is 0 Å². The molecule has 0 atom stereocenters. The molecule has 0 aromatic carbocycles. The molecule has 0 saturated carbocycles. The summed E-state index contributed by atoms with van der Waals surface area (Å²) in [7, 11) is 0. The van der Waals surface area contributed by atoms with Gasteiger partial charge in [0.2, 0.25) is 0 Å². The third-order valence-electron chi connectivity index (χ3n) is 1.01. The summed E-state index contributed by atoms with van der Waals surface area (Å²) in [6, 6.07) is 0. The van der Waals surface area contributed by atoms with Gasteiger partial charge < -0.3 is 9.47 Å². The number of ether oxygens (including phenoxy) is 2. The Balaban J connectivity index is 2.65. The normalized spacial score (nSPS) is 10.2. The first-order valence-electron chi connectivity index (χ1n) is 3.92. The molecular weight excluding hydrogens is 128 g/mol. The smallest absolute Gasteiger partial charge is 0.0859 e. The zero-order valence-electron chi connectivity index (χ0n) is 6.93. The molecule has 2 nitrogen and oxygen atoms in total. The second-order valence-electron chi connectivity index (χ2n) is 2.02. The van der Waals surface area contributed by atoms with Gasteiger partial charge in [-0.15, -0.1) is 0 Å². The van der Waals surface area contributed by atoms with Crippen LogP contribution in [0.5, 0.6) is 0 Å². The lowest BCUT2D eigenvalue weighted by atomic mass is 10.5. The van der Waals surface area contributed by atoms with E-state index >= 15 is 0 Å². The van der Waals surface area contributed by atoms with Crippen molar-refractivity contribution in [3.63, 3.8) is 0 Å². The molecule has 0 saturated heterocycles. The van der Waals surface area contributed by atoms with Crippen molar-refractivity contribution >= 4 is 0 Å². The highest BCUT2D eigenvalue weighted by atomic mass is 16.5. The molecule has 2 heteroatoms. The van der Waals surface area contributed by atoms with Crippen molar-refractivity contribution in [1.82, 2.24) is 0 Å². The van der Waals surface area contributed by atoms with E-state index in [1.54, 1.807) is 6.61 Å². The van der Waals surface area contributed by atoms with E-state index < -0.39 is 0 Å². The molecule has 10 heavy (non-hydrogen) atoms. The molecule has 0 aromatic heterocycles. The lowest BCUT2D eigenvalue weighted by Crippen LogP contribution is -1.97. The van der Waals surface area contributed by atoms with E-state index in [4.69, 9.17) is 9.47 Å². The summed E-state index contributed by atoms with van der Waals surface area (Å²) in [6.07, 6.45) is 1.99. The van der Waals surface area contributed by atoms with Gasteiger partial charge in [-0.25, -0.2) is 0 Å². The van der Waals surface area contributed by atoms with Gasteiger partial charge in [0.25, 0.3) is 0 Å². The van der Waals surface area contributed by atoms with E-state index in [9.17, 15) is 0 Å². The molecule has 61 valence electrons. The average Bonchev–Trinajstić information content (AvgIpc) is 1.97. The van der Waals surface area contributed by atoms with Gasteiger partial charge in [-0.3, -0.25) is 0 Å². The van der Waals surface area contributed by atoms with Gasteiger partial charge in [-0.05, 0) is 19.8 Å². The first-order chi connectivity index (χ1) is 4.91. The Labute approximate surface area is 63.5 Å². The molecule has 0 heterocycles. The molecule has 0 aliphatic rings. The molecule has 0 aromatic rings. The standard InChI is InChI=1S/C8H17O2/c1-3-6-10-8-5-7-9-4-2/h7H,3-6,8H2,1-2H3. The van der Waals surface area contributed by atoms with Crippen LogP contribution >= 0.6 is 0 Å². The van der Waals surface area contributed by atoms with Gasteiger partial charge in [0.1, 0.15) is 0 Å². The molecule has 0 unspecified atom stereocenters. The fraction of sp³-hybridized carbons (Fsp3) is 0.875. The van der Waals surface area contributed by atoms with Gasteiger partial charge >= 0.3 is 0 Å². The minimum atomic E-state index is 0.758. The van der Waals surface area contributed by atoms with Gasteiger partial charge in [0, 0.05) is 19.8 Å². The zero-order chi connectivity index (χ0) is 7.66. The number of hydrogen-bond acceptors (Lipinski definition) is 2. The Morgan fingerprint density at radius 2 is 2.00 bits per heavy atom. The van der Waals surface area contributed by atoms with Gasteiger partial charge in [-0.1, -0.05) is 6.92 Å². The molecule has 0 spiro atoms. The van der Waals surface area contributed by atoms with Crippen LogP contribution in [0.4, 0.5) is 0 Å². The molecule has 0 aliphatic carbocycles. The first kappa shape index (κ1) is 9.92. The van der Waals surface area contributed by atoms with Crippen LogP contribution < -0.4 is 0 Å². The largest absolute Gasteiger partial charge is 0.381 e. The second kappa shape index (κ2) is 8.92. The fourth-order valence-electron chi connectivity index (χ4n) is 0.579. The van der Waals surface area contributed by atoms with E-state index in [1.165, 1.54) is 0 Å². The summed E-state index contributed by atoms with van der Waals surface area (Å²) in [6.45, 7) is 8.28. The maximum absolute atomic E-state index is 5.22. The monoisotopic (exact) mass is 145 g/mol. The molecule has 1 radical (unpaired) electrons. The van der Waals surface area contributed by atoms with Gasteiger partial charge in [0.15, 0.2) is 0 Å². The predicted octanol–water partition coefficient (Wildman–Crippen LogP) is 2.00. The van der Waals surface area contributed by atoms with Crippen molar-refractivity contribution in [3.8, 4) is 0 Å². The van der Waals surface area contributed by atoms with Crippen molar-refractivity contribution in [2.75, 3.05) is 19.8 Å². The lowest BCUT2D eigenvalue weighted by Gasteiger charge is -2.00. The topological polar surface area (TPSA) is 18.5 Å². The van der Waals surface area contributed by atoms with Crippen LogP contribution in [-0.2, 0) is 9.47 Å². The Morgan fingerprint density at radius 3 is 2.60 bits per heavy atom. The van der Waals surface area contributed by atoms with Crippen molar-refractivity contribution in [3.05, 3.63) is 6.61 Å². The summed E-state index contributed by atoms with van der Waals surface area (Å²) < 4.78 is 10.2. The Bertz CT molecular complexity index is 47.2. The van der Waals surface area contributed by atoms with Crippen LogP contribution in [0, 0.1) is 6.61 Å². The molecule has 0 rings (SSSR count). The number of hydrogen-bond donors (Lipinski definition) is 0. The van der Waals surface area contributed by atoms with Crippen molar-refractivity contribution in [2.45, 2.75) is 26.7 Å². The van der Waals surface area contributed by atoms with Crippen LogP contribution in [0.3, 0.4) is 0 Å². The molecular formula is C8H17O2. The predicted molar refractivity (Wildman–Crippen MR) is 41.7 cm³/mol. The van der Waals surface area contributed by atoms with E-state index in [0.717, 1.165) is 32.7 Å². The molecule has 0 N–H and O–H groups in total. The summed E-state index contributed by atoms with van der Waals surface area (Å²) in [4.78, 5) is 0.